The number of rotatable bonds is 16. The number of carbonyl (C=O) groups excluding carboxylic acids is 3. The number of nitrogens with one attached hydrogen (secondary N) is 2. The molecule has 2 rings (SSSR count). The quantitative estimate of drug-likeness (QED) is 0.304. The van der Waals surface area contributed by atoms with Gasteiger partial charge in [0.15, 0.2) is 5.69 Å². The van der Waals surface area contributed by atoms with E-state index in [1.54, 1.807) is 27.2 Å². The molecule has 1 aromatic heterocycles. The summed E-state index contributed by atoms with van der Waals surface area (Å²) >= 11 is 0. The molecule has 10 heteroatoms. The molecule has 0 aliphatic rings. The summed E-state index contributed by atoms with van der Waals surface area (Å²) in [5, 5.41) is 10.3. The van der Waals surface area contributed by atoms with Crippen molar-refractivity contribution < 1.29 is 28.6 Å². The molecule has 1 unspecified atom stereocenters. The van der Waals surface area contributed by atoms with Gasteiger partial charge >= 0.3 is 5.97 Å². The van der Waals surface area contributed by atoms with Crippen molar-refractivity contribution in [2.45, 2.75) is 72.9 Å². The van der Waals surface area contributed by atoms with Gasteiger partial charge in [0.1, 0.15) is 17.5 Å². The normalized spacial score (nSPS) is 11.8. The molecule has 1 aromatic carbocycles. The number of aromatic nitrogens is 2. The van der Waals surface area contributed by atoms with Gasteiger partial charge in [-0.05, 0) is 43.4 Å². The molecule has 0 bridgehead atoms. The molecule has 0 radical (unpaired) electrons. The minimum atomic E-state index is -0.784. The SMILES string of the molecule is CCOC(=O)CCNC(=O)C(CC(C)C)NC(=O)c1cc(-c2c(OC)cccc2OC)n(CC(CC)CC)n1. The van der Waals surface area contributed by atoms with Crippen LogP contribution in [0.25, 0.3) is 11.3 Å². The number of benzene rings is 1. The smallest absolute Gasteiger partial charge is 0.307 e. The highest BCUT2D eigenvalue weighted by Crippen LogP contribution is 2.39. The van der Waals surface area contributed by atoms with Crippen LogP contribution >= 0.6 is 0 Å². The summed E-state index contributed by atoms with van der Waals surface area (Å²) in [5.41, 5.74) is 1.59. The molecule has 2 amide bonds. The van der Waals surface area contributed by atoms with Crippen LogP contribution in [-0.2, 0) is 20.9 Å². The summed E-state index contributed by atoms with van der Waals surface area (Å²) in [6.45, 7) is 11.0. The Hall–Kier alpha value is -3.56. The van der Waals surface area contributed by atoms with E-state index in [1.807, 2.05) is 36.7 Å². The van der Waals surface area contributed by atoms with Gasteiger partial charge in [0.25, 0.3) is 5.91 Å². The Labute approximate surface area is 231 Å². The summed E-state index contributed by atoms with van der Waals surface area (Å²) in [7, 11) is 3.18. The lowest BCUT2D eigenvalue weighted by Gasteiger charge is -2.19. The minimum Gasteiger partial charge on any atom is -0.496 e. The van der Waals surface area contributed by atoms with E-state index in [4.69, 9.17) is 14.2 Å². The molecular weight excluding hydrogens is 500 g/mol. The Balaban J connectivity index is 2.38. The predicted octanol–water partition coefficient (Wildman–Crippen LogP) is 4.22. The molecule has 0 spiro atoms. The van der Waals surface area contributed by atoms with Crippen LogP contribution < -0.4 is 20.1 Å². The Morgan fingerprint density at radius 3 is 2.21 bits per heavy atom. The van der Waals surface area contributed by atoms with Crippen molar-refractivity contribution in [3.05, 3.63) is 30.0 Å². The highest BCUT2D eigenvalue weighted by Gasteiger charge is 2.26. The first kappa shape index (κ1) is 31.7. The van der Waals surface area contributed by atoms with Gasteiger partial charge in [-0.15, -0.1) is 0 Å². The molecule has 0 aliphatic carbocycles. The van der Waals surface area contributed by atoms with Gasteiger partial charge < -0.3 is 24.8 Å². The summed E-state index contributed by atoms with van der Waals surface area (Å²) in [6.07, 6.45) is 2.41. The second-order valence-corrected chi connectivity index (χ2v) is 9.82. The van der Waals surface area contributed by atoms with Gasteiger partial charge in [-0.3, -0.25) is 19.1 Å². The monoisotopic (exact) mass is 544 g/mol. The van der Waals surface area contributed by atoms with Crippen molar-refractivity contribution in [1.82, 2.24) is 20.4 Å². The van der Waals surface area contributed by atoms with Crippen molar-refractivity contribution in [2.75, 3.05) is 27.4 Å². The Morgan fingerprint density at radius 1 is 1.03 bits per heavy atom. The van der Waals surface area contributed by atoms with Gasteiger partial charge in [-0.25, -0.2) is 0 Å². The molecule has 0 aliphatic heterocycles. The lowest BCUT2D eigenvalue weighted by atomic mass is 10.0. The maximum atomic E-state index is 13.4. The van der Waals surface area contributed by atoms with Crippen molar-refractivity contribution in [1.29, 1.82) is 0 Å². The van der Waals surface area contributed by atoms with Crippen LogP contribution in [0, 0.1) is 11.8 Å². The molecule has 216 valence electrons. The van der Waals surface area contributed by atoms with Crippen LogP contribution in [0.2, 0.25) is 0 Å². The van der Waals surface area contributed by atoms with E-state index >= 15 is 0 Å². The van der Waals surface area contributed by atoms with Gasteiger partial charge in [-0.2, -0.15) is 5.10 Å². The van der Waals surface area contributed by atoms with Crippen LogP contribution in [-0.4, -0.2) is 61.0 Å². The van der Waals surface area contributed by atoms with E-state index in [9.17, 15) is 14.4 Å². The van der Waals surface area contributed by atoms with Crippen molar-refractivity contribution >= 4 is 17.8 Å². The largest absolute Gasteiger partial charge is 0.496 e. The summed E-state index contributed by atoms with van der Waals surface area (Å²) in [6, 6.07) is 6.45. The lowest BCUT2D eigenvalue weighted by molar-refractivity contribution is -0.143. The summed E-state index contributed by atoms with van der Waals surface area (Å²) in [4.78, 5) is 38.0. The molecule has 0 saturated heterocycles. The van der Waals surface area contributed by atoms with Crippen LogP contribution in [0.15, 0.2) is 24.3 Å². The summed E-state index contributed by atoms with van der Waals surface area (Å²) < 4.78 is 18.0. The fourth-order valence-corrected chi connectivity index (χ4v) is 4.34. The maximum absolute atomic E-state index is 13.4. The van der Waals surface area contributed by atoms with Gasteiger partial charge in [-0.1, -0.05) is 46.6 Å². The highest BCUT2D eigenvalue weighted by molar-refractivity contribution is 5.97. The standard InChI is InChI=1S/C29H44N4O6/c1-8-20(9-2)18-33-23(27-24(37-6)12-11-13-25(27)38-7)17-22(32-33)29(36)31-21(16-19(4)5)28(35)30-15-14-26(34)39-10-3/h11-13,17,19-21H,8-10,14-16,18H2,1-7H3,(H,30,35)(H,31,36). The number of hydrogen-bond donors (Lipinski definition) is 2. The van der Waals surface area contributed by atoms with E-state index in [2.05, 4.69) is 29.6 Å². The molecule has 1 atom stereocenters. The fraction of sp³-hybridized carbons (Fsp3) is 0.586. The van der Waals surface area contributed by atoms with Crippen LogP contribution in [0.1, 0.15) is 70.8 Å². The second-order valence-electron chi connectivity index (χ2n) is 9.82. The predicted molar refractivity (Wildman–Crippen MR) is 150 cm³/mol. The van der Waals surface area contributed by atoms with Crippen LogP contribution in [0.4, 0.5) is 0 Å². The highest BCUT2D eigenvalue weighted by atomic mass is 16.5. The van der Waals surface area contributed by atoms with Gasteiger partial charge in [0.05, 0.1) is 38.5 Å². The molecule has 39 heavy (non-hydrogen) atoms. The maximum Gasteiger partial charge on any atom is 0.307 e. The zero-order valence-electron chi connectivity index (χ0n) is 24.3. The first-order valence-electron chi connectivity index (χ1n) is 13.7. The second kappa shape index (κ2) is 15.8. The van der Waals surface area contributed by atoms with Crippen molar-refractivity contribution in [2.24, 2.45) is 11.8 Å². The van der Waals surface area contributed by atoms with E-state index in [0.29, 0.717) is 41.6 Å². The average molecular weight is 545 g/mol. The average Bonchev–Trinajstić information content (AvgIpc) is 3.33. The number of esters is 1. The zero-order valence-corrected chi connectivity index (χ0v) is 24.3. The Morgan fingerprint density at radius 2 is 1.67 bits per heavy atom. The molecule has 0 saturated carbocycles. The topological polar surface area (TPSA) is 121 Å². The van der Waals surface area contributed by atoms with Crippen molar-refractivity contribution in [3.63, 3.8) is 0 Å². The number of carbonyl (C=O) groups is 3. The van der Waals surface area contributed by atoms with E-state index in [0.717, 1.165) is 12.8 Å². The zero-order chi connectivity index (χ0) is 28.9. The number of ether oxygens (including phenoxy) is 3. The van der Waals surface area contributed by atoms with Crippen LogP contribution in [0.5, 0.6) is 11.5 Å². The lowest BCUT2D eigenvalue weighted by Crippen LogP contribution is -2.48. The molecule has 0 fully saturated rings. The third-order valence-electron chi connectivity index (χ3n) is 6.55. The number of methoxy groups -OCH3 is 2. The first-order valence-corrected chi connectivity index (χ1v) is 13.7. The third kappa shape index (κ3) is 9.01. The Kier molecular flexibility index (Phi) is 12.8. The molecule has 1 heterocycles. The number of amides is 2. The van der Waals surface area contributed by atoms with E-state index in [1.165, 1.54) is 0 Å². The Bertz CT molecular complexity index is 1070. The molecule has 2 aromatic rings. The minimum absolute atomic E-state index is 0.0620. The van der Waals surface area contributed by atoms with Gasteiger partial charge in [0, 0.05) is 13.1 Å². The third-order valence-corrected chi connectivity index (χ3v) is 6.55. The van der Waals surface area contributed by atoms with Crippen LogP contribution in [0.3, 0.4) is 0 Å². The van der Waals surface area contributed by atoms with Crippen molar-refractivity contribution in [3.8, 4) is 22.8 Å². The molecule has 10 nitrogen and oxygen atoms in total. The molecular formula is C29H44N4O6. The first-order chi connectivity index (χ1) is 18.7. The number of nitrogens with zero attached hydrogens (tertiary/aromatic N) is 2. The van der Waals surface area contributed by atoms with E-state index in [-0.39, 0.29) is 43.1 Å². The number of hydrogen-bond acceptors (Lipinski definition) is 7. The van der Waals surface area contributed by atoms with Gasteiger partial charge in [0.2, 0.25) is 5.91 Å². The van der Waals surface area contributed by atoms with E-state index < -0.39 is 11.9 Å². The summed E-state index contributed by atoms with van der Waals surface area (Å²) in [5.74, 6) is 0.510. The molecule has 2 N–H and O–H groups in total. The fourth-order valence-electron chi connectivity index (χ4n) is 4.34.